The Labute approximate surface area is 190 Å². The molecule has 0 radical (unpaired) electrons. The monoisotopic (exact) mass is 446 g/mol. The van der Waals surface area contributed by atoms with Crippen LogP contribution in [0.1, 0.15) is 16.7 Å². The number of carboxylic acids is 1. The lowest BCUT2D eigenvalue weighted by Gasteiger charge is -2.15. The maximum absolute atomic E-state index is 13.4. The van der Waals surface area contributed by atoms with Crippen LogP contribution in [0.3, 0.4) is 0 Å². The van der Waals surface area contributed by atoms with E-state index in [4.69, 9.17) is 11.5 Å². The summed E-state index contributed by atoms with van der Waals surface area (Å²) in [7, 11) is 0. The van der Waals surface area contributed by atoms with Gasteiger partial charge in [0.05, 0.1) is 11.4 Å². The molecule has 0 spiro atoms. The maximum atomic E-state index is 13.4. The Hall–Kier alpha value is -4.46. The summed E-state index contributed by atoms with van der Waals surface area (Å²) in [4.78, 5) is 28.6. The minimum Gasteiger partial charge on any atom is -0.480 e. The van der Waals surface area contributed by atoms with Crippen molar-refractivity contribution in [1.29, 1.82) is 0 Å². The van der Waals surface area contributed by atoms with Crippen LogP contribution in [-0.4, -0.2) is 28.9 Å². The van der Waals surface area contributed by atoms with Gasteiger partial charge in [-0.3, -0.25) is 4.79 Å². The molecule has 6 N–H and O–H groups in total. The lowest BCUT2D eigenvalue weighted by Crippen LogP contribution is -2.47. The summed E-state index contributed by atoms with van der Waals surface area (Å²) in [5.74, 6) is -3.13. The summed E-state index contributed by atoms with van der Waals surface area (Å²) < 4.78 is 13.4. The van der Waals surface area contributed by atoms with Gasteiger partial charge in [0.15, 0.2) is 5.84 Å². The second-order valence-corrected chi connectivity index (χ2v) is 7.19. The van der Waals surface area contributed by atoms with E-state index in [9.17, 15) is 19.1 Å². The quantitative estimate of drug-likeness (QED) is 0.252. The van der Waals surface area contributed by atoms with Crippen molar-refractivity contribution >= 4 is 29.1 Å². The highest BCUT2D eigenvalue weighted by Crippen LogP contribution is 2.24. The number of nitrogens with two attached hydrogens (primary N) is 2. The number of hydrogen-bond donors (Lipinski definition) is 4. The van der Waals surface area contributed by atoms with E-state index >= 15 is 0 Å². The van der Waals surface area contributed by atoms with E-state index in [2.05, 4.69) is 10.3 Å². The van der Waals surface area contributed by atoms with Gasteiger partial charge in [0, 0.05) is 12.0 Å². The fourth-order valence-corrected chi connectivity index (χ4v) is 3.13. The standard InChI is InChI=1S/C25H23FN4O3/c26-19-13-7-8-16(14-19)15-20(25(32)33)29-24(31)23(28)30-22(18-11-5-2-6-12-18)21(27)17-9-3-1-4-10-17/h1-14,20H,15,27H2,(H2,28,30)(H,29,31)(H,32,33)/b22-21-/t20-/m0/s1. The smallest absolute Gasteiger partial charge is 0.326 e. The van der Waals surface area contributed by atoms with E-state index < -0.39 is 29.6 Å². The van der Waals surface area contributed by atoms with E-state index in [1.807, 2.05) is 24.3 Å². The average Bonchev–Trinajstić information content (AvgIpc) is 2.82. The molecule has 3 aromatic rings. The van der Waals surface area contributed by atoms with Crippen LogP contribution < -0.4 is 16.8 Å². The molecule has 0 aromatic heterocycles. The molecule has 168 valence electrons. The van der Waals surface area contributed by atoms with Crippen LogP contribution in [0.5, 0.6) is 0 Å². The van der Waals surface area contributed by atoms with E-state index in [0.29, 0.717) is 22.4 Å². The zero-order valence-electron chi connectivity index (χ0n) is 17.6. The van der Waals surface area contributed by atoms with Crippen molar-refractivity contribution in [2.45, 2.75) is 12.5 Å². The largest absolute Gasteiger partial charge is 0.480 e. The number of aliphatic carboxylic acids is 1. The molecular weight excluding hydrogens is 423 g/mol. The molecule has 0 unspecified atom stereocenters. The molecule has 0 aliphatic rings. The first-order chi connectivity index (χ1) is 15.8. The number of carbonyl (C=O) groups is 2. The lowest BCUT2D eigenvalue weighted by molar-refractivity contribution is -0.141. The Morgan fingerprint density at radius 2 is 1.52 bits per heavy atom. The Morgan fingerprint density at radius 3 is 2.09 bits per heavy atom. The molecule has 1 amide bonds. The van der Waals surface area contributed by atoms with Crippen molar-refractivity contribution in [2.24, 2.45) is 16.5 Å². The van der Waals surface area contributed by atoms with Crippen LogP contribution in [0.15, 0.2) is 89.9 Å². The molecule has 3 rings (SSSR count). The number of rotatable bonds is 7. The fourth-order valence-electron chi connectivity index (χ4n) is 3.13. The van der Waals surface area contributed by atoms with Crippen LogP contribution >= 0.6 is 0 Å². The van der Waals surface area contributed by atoms with Crippen molar-refractivity contribution in [1.82, 2.24) is 5.32 Å². The van der Waals surface area contributed by atoms with Gasteiger partial charge in [-0.05, 0) is 23.3 Å². The summed E-state index contributed by atoms with van der Waals surface area (Å²) >= 11 is 0. The van der Waals surface area contributed by atoms with Gasteiger partial charge in [0.1, 0.15) is 11.9 Å². The Balaban J connectivity index is 1.90. The summed E-state index contributed by atoms with van der Waals surface area (Å²) in [6.07, 6.45) is -0.125. The molecule has 0 heterocycles. The van der Waals surface area contributed by atoms with Crippen molar-refractivity contribution in [3.8, 4) is 0 Å². The van der Waals surface area contributed by atoms with Crippen molar-refractivity contribution in [3.63, 3.8) is 0 Å². The maximum Gasteiger partial charge on any atom is 0.326 e. The van der Waals surface area contributed by atoms with Gasteiger partial charge in [-0.15, -0.1) is 0 Å². The molecule has 0 aliphatic carbocycles. The van der Waals surface area contributed by atoms with Gasteiger partial charge in [-0.1, -0.05) is 72.8 Å². The Morgan fingerprint density at radius 1 is 0.909 bits per heavy atom. The van der Waals surface area contributed by atoms with Gasteiger partial charge in [-0.25, -0.2) is 14.2 Å². The number of nitrogens with zero attached hydrogens (tertiary/aromatic N) is 1. The molecular formula is C25H23FN4O3. The summed E-state index contributed by atoms with van der Waals surface area (Å²) in [5.41, 5.74) is 14.6. The van der Waals surface area contributed by atoms with Gasteiger partial charge < -0.3 is 21.9 Å². The number of amides is 1. The number of aliphatic imine (C=N–C) groups is 1. The Kier molecular flexibility index (Phi) is 7.54. The molecule has 0 saturated heterocycles. The zero-order chi connectivity index (χ0) is 23.8. The van der Waals surface area contributed by atoms with Gasteiger partial charge >= 0.3 is 5.97 Å². The third-order valence-corrected chi connectivity index (χ3v) is 4.78. The summed E-state index contributed by atoms with van der Waals surface area (Å²) in [5, 5.41) is 11.9. The normalized spacial score (nSPS) is 13.1. The second kappa shape index (κ2) is 10.7. The van der Waals surface area contributed by atoms with Crippen LogP contribution in [0.25, 0.3) is 11.4 Å². The predicted molar refractivity (Wildman–Crippen MR) is 125 cm³/mol. The SMILES string of the molecule is NC(=N/C(=C(\N)c1ccccc1)c1ccccc1)C(=O)N[C@@H](Cc1cccc(F)c1)C(=O)O. The molecule has 3 aromatic carbocycles. The summed E-state index contributed by atoms with van der Waals surface area (Å²) in [6, 6.07) is 22.2. The molecule has 0 saturated carbocycles. The molecule has 0 aliphatic heterocycles. The number of benzene rings is 3. The first kappa shape index (κ1) is 23.2. The van der Waals surface area contributed by atoms with Gasteiger partial charge in [-0.2, -0.15) is 0 Å². The number of halogens is 1. The number of carboxylic acid groups (broad SMARTS) is 1. The highest BCUT2D eigenvalue weighted by atomic mass is 19.1. The van der Waals surface area contributed by atoms with E-state index in [1.54, 1.807) is 42.5 Å². The minimum absolute atomic E-state index is 0.125. The number of amidine groups is 1. The third-order valence-electron chi connectivity index (χ3n) is 4.78. The topological polar surface area (TPSA) is 131 Å². The third kappa shape index (κ3) is 6.27. The predicted octanol–water partition coefficient (Wildman–Crippen LogP) is 2.78. The van der Waals surface area contributed by atoms with E-state index in [1.165, 1.54) is 18.2 Å². The van der Waals surface area contributed by atoms with Gasteiger partial charge in [0.2, 0.25) is 0 Å². The zero-order valence-corrected chi connectivity index (χ0v) is 17.6. The minimum atomic E-state index is -1.33. The van der Waals surface area contributed by atoms with Crippen molar-refractivity contribution in [3.05, 3.63) is 107 Å². The number of carbonyl (C=O) groups excluding carboxylic acids is 1. The highest BCUT2D eigenvalue weighted by molar-refractivity contribution is 6.38. The molecule has 7 nitrogen and oxygen atoms in total. The molecule has 0 fully saturated rings. The molecule has 8 heteroatoms. The van der Waals surface area contributed by atoms with Crippen LogP contribution in [0.4, 0.5) is 4.39 Å². The Bertz CT molecular complexity index is 1190. The van der Waals surface area contributed by atoms with Crippen molar-refractivity contribution < 1.29 is 19.1 Å². The van der Waals surface area contributed by atoms with Gasteiger partial charge in [0.25, 0.3) is 5.91 Å². The lowest BCUT2D eigenvalue weighted by atomic mass is 10.1. The fraction of sp³-hybridized carbons (Fsp3) is 0.0800. The van der Waals surface area contributed by atoms with Crippen molar-refractivity contribution in [2.75, 3.05) is 0 Å². The first-order valence-electron chi connectivity index (χ1n) is 10.1. The van der Waals surface area contributed by atoms with Crippen LogP contribution in [0.2, 0.25) is 0 Å². The summed E-state index contributed by atoms with van der Waals surface area (Å²) in [6.45, 7) is 0. The first-order valence-corrected chi connectivity index (χ1v) is 10.1. The van der Waals surface area contributed by atoms with Crippen LogP contribution in [0, 0.1) is 5.82 Å². The number of nitrogens with one attached hydrogen (secondary N) is 1. The second-order valence-electron chi connectivity index (χ2n) is 7.19. The molecule has 0 bridgehead atoms. The molecule has 33 heavy (non-hydrogen) atoms. The molecule has 1 atom stereocenters. The van der Waals surface area contributed by atoms with Crippen LogP contribution in [-0.2, 0) is 16.0 Å². The highest BCUT2D eigenvalue weighted by Gasteiger charge is 2.23. The van der Waals surface area contributed by atoms with E-state index in [-0.39, 0.29) is 12.1 Å². The average molecular weight is 446 g/mol. The van der Waals surface area contributed by atoms with E-state index in [0.717, 1.165) is 0 Å². The number of hydrogen-bond acceptors (Lipinski definition) is 4.